The van der Waals surface area contributed by atoms with Crippen LogP contribution in [0.1, 0.15) is 6.92 Å². The van der Waals surface area contributed by atoms with Crippen LogP contribution in [-0.4, -0.2) is 7.11 Å². The number of methoxy groups -OCH3 is 1. The molecule has 0 unspecified atom stereocenters. The fourth-order valence-corrected chi connectivity index (χ4v) is 0.472. The summed E-state index contributed by atoms with van der Waals surface area (Å²) in [7, 11) is 1.63. The normalized spacial score (nSPS) is 12.0. The van der Waals surface area contributed by atoms with Gasteiger partial charge in [-0.15, -0.1) is 0 Å². The third kappa shape index (κ3) is 3.59. The monoisotopic (exact) mass is 124 g/mol. The third-order valence-corrected chi connectivity index (χ3v) is 0.849. The van der Waals surface area contributed by atoms with Crippen LogP contribution in [-0.2, 0) is 4.74 Å². The predicted molar refractivity (Wildman–Crippen MR) is 40.1 cm³/mol. The molecule has 50 valence electrons. The zero-order valence-corrected chi connectivity index (χ0v) is 5.92. The van der Waals surface area contributed by atoms with Gasteiger partial charge in [-0.3, -0.25) is 0 Å². The molecule has 0 fully saturated rings. The van der Waals surface area contributed by atoms with Crippen LogP contribution in [0.3, 0.4) is 0 Å². The lowest BCUT2D eigenvalue weighted by Crippen LogP contribution is -1.78. The average molecular weight is 124 g/mol. The summed E-state index contributed by atoms with van der Waals surface area (Å²) in [4.78, 5) is 0. The van der Waals surface area contributed by atoms with Crippen molar-refractivity contribution in [1.29, 1.82) is 0 Å². The number of ether oxygens (including phenoxy) is 1. The van der Waals surface area contributed by atoms with Crippen LogP contribution >= 0.6 is 0 Å². The van der Waals surface area contributed by atoms with Gasteiger partial charge in [0.1, 0.15) is 5.76 Å². The Labute approximate surface area is 56.3 Å². The molecule has 0 saturated carbocycles. The van der Waals surface area contributed by atoms with Crippen LogP contribution in [0.15, 0.2) is 36.6 Å². The van der Waals surface area contributed by atoms with E-state index in [1.165, 1.54) is 0 Å². The van der Waals surface area contributed by atoms with E-state index in [0.717, 1.165) is 5.76 Å². The lowest BCUT2D eigenvalue weighted by atomic mass is 10.4. The smallest absolute Gasteiger partial charge is 0.118 e. The minimum Gasteiger partial charge on any atom is -0.497 e. The summed E-state index contributed by atoms with van der Waals surface area (Å²) in [6.45, 7) is 5.48. The topological polar surface area (TPSA) is 9.23 Å². The van der Waals surface area contributed by atoms with Gasteiger partial charge in [0.25, 0.3) is 0 Å². The maximum Gasteiger partial charge on any atom is 0.118 e. The Morgan fingerprint density at radius 3 is 2.56 bits per heavy atom. The standard InChI is InChI=1S/C8H12O/c1-4-6-8(9-3)7-5-2/h4-7H,1H2,2-3H3/b7-5-,8-6+. The average Bonchev–Trinajstić information content (AvgIpc) is 1.88. The summed E-state index contributed by atoms with van der Waals surface area (Å²) in [6, 6.07) is 0. The molecule has 0 spiro atoms. The van der Waals surface area contributed by atoms with E-state index in [4.69, 9.17) is 4.74 Å². The first-order valence-corrected chi connectivity index (χ1v) is 2.84. The van der Waals surface area contributed by atoms with Crippen LogP contribution in [0.25, 0.3) is 0 Å². The fraction of sp³-hybridized carbons (Fsp3) is 0.250. The zero-order valence-electron chi connectivity index (χ0n) is 5.92. The second-order valence-electron chi connectivity index (χ2n) is 1.51. The third-order valence-electron chi connectivity index (χ3n) is 0.849. The van der Waals surface area contributed by atoms with E-state index in [1.54, 1.807) is 19.3 Å². The predicted octanol–water partition coefficient (Wildman–Crippen LogP) is 2.28. The Morgan fingerprint density at radius 1 is 1.56 bits per heavy atom. The van der Waals surface area contributed by atoms with E-state index in [9.17, 15) is 0 Å². The molecule has 9 heavy (non-hydrogen) atoms. The van der Waals surface area contributed by atoms with Crippen molar-refractivity contribution in [3.8, 4) is 0 Å². The van der Waals surface area contributed by atoms with Gasteiger partial charge in [0.2, 0.25) is 0 Å². The molecule has 0 atom stereocenters. The van der Waals surface area contributed by atoms with Gasteiger partial charge in [0.05, 0.1) is 7.11 Å². The lowest BCUT2D eigenvalue weighted by molar-refractivity contribution is 0.307. The Bertz CT molecular complexity index is 132. The Kier molecular flexibility index (Phi) is 4.60. The zero-order chi connectivity index (χ0) is 7.11. The van der Waals surface area contributed by atoms with Gasteiger partial charge in [-0.05, 0) is 19.1 Å². The van der Waals surface area contributed by atoms with Crippen LogP contribution in [0.5, 0.6) is 0 Å². The maximum atomic E-state index is 4.93. The number of hydrogen-bond acceptors (Lipinski definition) is 1. The SMILES string of the molecule is C=C/C=C(\C=C/C)OC. The van der Waals surface area contributed by atoms with E-state index in [2.05, 4.69) is 6.58 Å². The van der Waals surface area contributed by atoms with Gasteiger partial charge >= 0.3 is 0 Å². The Morgan fingerprint density at radius 2 is 2.22 bits per heavy atom. The molecule has 1 nitrogen and oxygen atoms in total. The fourth-order valence-electron chi connectivity index (χ4n) is 0.472. The van der Waals surface area contributed by atoms with Crippen LogP contribution in [0.4, 0.5) is 0 Å². The first kappa shape index (κ1) is 8.02. The summed E-state index contributed by atoms with van der Waals surface area (Å²) in [5.74, 6) is 0.826. The molecule has 0 aliphatic heterocycles. The van der Waals surface area contributed by atoms with Crippen molar-refractivity contribution < 1.29 is 4.74 Å². The van der Waals surface area contributed by atoms with Crippen LogP contribution in [0, 0.1) is 0 Å². The molecule has 0 radical (unpaired) electrons. The molecular weight excluding hydrogens is 112 g/mol. The highest BCUT2D eigenvalue weighted by Gasteiger charge is 1.81. The summed E-state index contributed by atoms with van der Waals surface area (Å²) < 4.78 is 4.93. The maximum absolute atomic E-state index is 4.93. The summed E-state index contributed by atoms with van der Waals surface area (Å²) >= 11 is 0. The molecule has 0 aliphatic rings. The van der Waals surface area contributed by atoms with Gasteiger partial charge < -0.3 is 4.74 Å². The molecule has 0 aromatic carbocycles. The van der Waals surface area contributed by atoms with E-state index < -0.39 is 0 Å². The lowest BCUT2D eigenvalue weighted by Gasteiger charge is -1.95. The van der Waals surface area contributed by atoms with Crippen molar-refractivity contribution >= 4 is 0 Å². The molecule has 0 rings (SSSR count). The molecule has 1 heteroatoms. The van der Waals surface area contributed by atoms with Crippen molar-refractivity contribution in [2.75, 3.05) is 7.11 Å². The largest absolute Gasteiger partial charge is 0.497 e. The first-order chi connectivity index (χ1) is 4.35. The van der Waals surface area contributed by atoms with Crippen molar-refractivity contribution in [3.05, 3.63) is 36.6 Å². The number of allylic oxidation sites excluding steroid dienone is 4. The molecule has 0 saturated heterocycles. The van der Waals surface area contributed by atoms with Gasteiger partial charge in [0.15, 0.2) is 0 Å². The molecule has 0 N–H and O–H groups in total. The van der Waals surface area contributed by atoms with E-state index in [-0.39, 0.29) is 0 Å². The van der Waals surface area contributed by atoms with Gasteiger partial charge in [-0.1, -0.05) is 18.7 Å². The van der Waals surface area contributed by atoms with Crippen molar-refractivity contribution in [3.63, 3.8) is 0 Å². The summed E-state index contributed by atoms with van der Waals surface area (Å²) in [6.07, 6.45) is 7.29. The van der Waals surface area contributed by atoms with Gasteiger partial charge in [-0.2, -0.15) is 0 Å². The molecule has 0 amide bonds. The first-order valence-electron chi connectivity index (χ1n) is 2.84. The van der Waals surface area contributed by atoms with Gasteiger partial charge in [-0.25, -0.2) is 0 Å². The summed E-state index contributed by atoms with van der Waals surface area (Å²) in [5, 5.41) is 0. The second-order valence-corrected chi connectivity index (χ2v) is 1.51. The highest BCUT2D eigenvalue weighted by Crippen LogP contribution is 1.96. The van der Waals surface area contributed by atoms with E-state index in [0.29, 0.717) is 0 Å². The van der Waals surface area contributed by atoms with Crippen LogP contribution < -0.4 is 0 Å². The molecular formula is C8H12O. The van der Waals surface area contributed by atoms with E-state index >= 15 is 0 Å². The Balaban J connectivity index is 3.96. The quantitative estimate of drug-likeness (QED) is 0.414. The van der Waals surface area contributed by atoms with Crippen molar-refractivity contribution in [2.24, 2.45) is 0 Å². The molecule has 0 heterocycles. The molecule has 0 aliphatic carbocycles. The van der Waals surface area contributed by atoms with Crippen molar-refractivity contribution in [2.45, 2.75) is 6.92 Å². The highest BCUT2D eigenvalue weighted by molar-refractivity contribution is 5.16. The van der Waals surface area contributed by atoms with Crippen molar-refractivity contribution in [1.82, 2.24) is 0 Å². The Hall–Kier alpha value is -0.980. The van der Waals surface area contributed by atoms with Crippen LogP contribution in [0.2, 0.25) is 0 Å². The summed E-state index contributed by atoms with van der Waals surface area (Å²) in [5.41, 5.74) is 0. The molecule has 0 aromatic heterocycles. The number of hydrogen-bond donors (Lipinski definition) is 0. The molecule has 0 bridgehead atoms. The second kappa shape index (κ2) is 5.16. The molecule has 0 aromatic rings. The minimum atomic E-state index is 0.826. The van der Waals surface area contributed by atoms with Gasteiger partial charge in [0, 0.05) is 0 Å². The minimum absolute atomic E-state index is 0.826. The highest BCUT2D eigenvalue weighted by atomic mass is 16.5. The van der Waals surface area contributed by atoms with E-state index in [1.807, 2.05) is 19.1 Å². The number of rotatable bonds is 3.